The summed E-state index contributed by atoms with van der Waals surface area (Å²) in [5.74, 6) is 1.33. The summed E-state index contributed by atoms with van der Waals surface area (Å²) < 4.78 is 14.5. The van der Waals surface area contributed by atoms with Crippen LogP contribution in [-0.2, 0) is 0 Å². The van der Waals surface area contributed by atoms with E-state index < -0.39 is 0 Å². The molecule has 8 aromatic heterocycles. The predicted molar refractivity (Wildman–Crippen MR) is 413 cm³/mol. The Kier molecular flexibility index (Phi) is 12.0. The van der Waals surface area contributed by atoms with Gasteiger partial charge in [0.05, 0.1) is 66.6 Å². The van der Waals surface area contributed by atoms with Crippen LogP contribution in [0.5, 0.6) is 0 Å². The highest BCUT2D eigenvalue weighted by Gasteiger charge is 2.25. The van der Waals surface area contributed by atoms with E-state index in [9.17, 15) is 0 Å². The van der Waals surface area contributed by atoms with Crippen molar-refractivity contribution in [3.63, 3.8) is 0 Å². The Labute approximate surface area is 567 Å². The van der Waals surface area contributed by atoms with E-state index >= 15 is 0 Å². The van der Waals surface area contributed by atoms with E-state index in [0.717, 1.165) is 88.8 Å². The molecular formula is C88H52N8S2. The van der Waals surface area contributed by atoms with Crippen molar-refractivity contribution < 1.29 is 0 Å². The molecule has 0 N–H and O–H groups in total. The molecule has 10 heteroatoms. The third-order valence-electron chi connectivity index (χ3n) is 19.8. The third kappa shape index (κ3) is 8.29. The lowest BCUT2D eigenvalue weighted by Crippen LogP contribution is -2.03. The van der Waals surface area contributed by atoms with Crippen molar-refractivity contribution in [2.24, 2.45) is 0 Å². The molecule has 0 spiro atoms. The molecule has 8 heterocycles. The number of thiophene rings is 2. The van der Waals surface area contributed by atoms with E-state index in [1.807, 2.05) is 34.8 Å². The monoisotopic (exact) mass is 1280 g/mol. The van der Waals surface area contributed by atoms with Crippen molar-refractivity contribution in [2.75, 3.05) is 0 Å². The molecule has 0 radical (unpaired) electrons. The van der Waals surface area contributed by atoms with Gasteiger partial charge in [-0.2, -0.15) is 0 Å². The van der Waals surface area contributed by atoms with Crippen LogP contribution in [-0.4, -0.2) is 38.2 Å². The molecule has 0 unspecified atom stereocenters. The fourth-order valence-electron chi connectivity index (χ4n) is 15.5. The summed E-state index contributed by atoms with van der Waals surface area (Å²) in [6.45, 7) is 0. The SMILES string of the molecule is c1ccc(-c2nc(-n3c4cc5sc6ccccc6c5cc4c4cc5c6ccccc6n(-c6ccccc6)c5cc43)nc3ccccc23)cc1.c1ccc(-c2nc(-n3c4ccccc4c4cc5c6cc7c(cc6n(-c6ccccc6)c5cc43)sc3ccccc37)nc3ccccc23)cc1. The second-order valence-electron chi connectivity index (χ2n) is 25.3. The summed E-state index contributed by atoms with van der Waals surface area (Å²) in [5.41, 5.74) is 17.2. The number of para-hydroxylation sites is 6. The van der Waals surface area contributed by atoms with E-state index in [-0.39, 0.29) is 0 Å². The molecule has 0 fully saturated rings. The van der Waals surface area contributed by atoms with Crippen LogP contribution in [0.3, 0.4) is 0 Å². The van der Waals surface area contributed by atoms with Gasteiger partial charge in [-0.1, -0.05) is 206 Å². The summed E-state index contributed by atoms with van der Waals surface area (Å²) >= 11 is 3.70. The van der Waals surface area contributed by atoms with Crippen LogP contribution in [0.15, 0.2) is 315 Å². The average molecular weight is 1290 g/mol. The highest BCUT2D eigenvalue weighted by molar-refractivity contribution is 7.26. The van der Waals surface area contributed by atoms with Crippen molar-refractivity contribution in [2.45, 2.75) is 0 Å². The first-order valence-electron chi connectivity index (χ1n) is 33.0. The number of aromatic nitrogens is 8. The van der Waals surface area contributed by atoms with Crippen molar-refractivity contribution >= 4 is 172 Å². The molecular weight excluding hydrogens is 1230 g/mol. The Hall–Kier alpha value is -12.6. The van der Waals surface area contributed by atoms with Gasteiger partial charge in [-0.05, 0) is 109 Å². The van der Waals surface area contributed by atoms with Gasteiger partial charge in [0.15, 0.2) is 0 Å². The predicted octanol–water partition coefficient (Wildman–Crippen LogP) is 23.7. The fourth-order valence-corrected chi connectivity index (χ4v) is 17.7. The Morgan fingerprint density at radius 1 is 0.194 bits per heavy atom. The van der Waals surface area contributed by atoms with E-state index in [1.54, 1.807) is 0 Å². The summed E-state index contributed by atoms with van der Waals surface area (Å²) in [7, 11) is 0. The molecule has 0 aliphatic rings. The van der Waals surface area contributed by atoms with Crippen molar-refractivity contribution in [1.29, 1.82) is 0 Å². The molecule has 0 bridgehead atoms. The van der Waals surface area contributed by atoms with Gasteiger partial charge in [-0.3, -0.25) is 9.13 Å². The zero-order valence-corrected chi connectivity index (χ0v) is 54.0. The number of rotatable bonds is 6. The quantitative estimate of drug-likeness (QED) is 0.166. The smallest absolute Gasteiger partial charge is 0.235 e. The lowest BCUT2D eigenvalue weighted by molar-refractivity contribution is 1.01. The highest BCUT2D eigenvalue weighted by Crippen LogP contribution is 2.47. The normalized spacial score (nSPS) is 12.1. The summed E-state index contributed by atoms with van der Waals surface area (Å²) in [6, 6.07) is 113. The van der Waals surface area contributed by atoms with Gasteiger partial charge in [0.25, 0.3) is 0 Å². The summed E-state index contributed by atoms with van der Waals surface area (Å²) in [4.78, 5) is 21.2. The van der Waals surface area contributed by atoms with Crippen LogP contribution in [0.1, 0.15) is 0 Å². The second kappa shape index (κ2) is 21.5. The third-order valence-corrected chi connectivity index (χ3v) is 22.1. The molecule has 22 aromatic rings. The first-order chi connectivity index (χ1) is 48.6. The van der Waals surface area contributed by atoms with E-state index in [0.29, 0.717) is 11.9 Å². The van der Waals surface area contributed by atoms with Gasteiger partial charge in [-0.15, -0.1) is 22.7 Å². The minimum Gasteiger partial charge on any atom is -0.309 e. The molecule has 14 aromatic carbocycles. The summed E-state index contributed by atoms with van der Waals surface area (Å²) in [6.07, 6.45) is 0. The van der Waals surface area contributed by atoms with Crippen LogP contribution < -0.4 is 0 Å². The molecule has 98 heavy (non-hydrogen) atoms. The van der Waals surface area contributed by atoms with Gasteiger partial charge in [0.2, 0.25) is 11.9 Å². The van der Waals surface area contributed by atoms with Crippen LogP contribution in [0.25, 0.3) is 195 Å². The van der Waals surface area contributed by atoms with Crippen LogP contribution in [0.2, 0.25) is 0 Å². The fraction of sp³-hybridized carbons (Fsp3) is 0. The van der Waals surface area contributed by atoms with Crippen LogP contribution >= 0.6 is 22.7 Å². The molecule has 0 saturated heterocycles. The lowest BCUT2D eigenvalue weighted by Gasteiger charge is -2.12. The Balaban J connectivity index is 0.000000129. The highest BCUT2D eigenvalue weighted by atomic mass is 32.1. The zero-order valence-electron chi connectivity index (χ0n) is 52.4. The zero-order chi connectivity index (χ0) is 64.1. The number of hydrogen-bond acceptors (Lipinski definition) is 6. The van der Waals surface area contributed by atoms with Gasteiger partial charge >= 0.3 is 0 Å². The minimum absolute atomic E-state index is 0.664. The van der Waals surface area contributed by atoms with Crippen LogP contribution in [0, 0.1) is 0 Å². The Bertz CT molecular complexity index is 7040. The first-order valence-corrected chi connectivity index (χ1v) is 34.6. The van der Waals surface area contributed by atoms with Crippen molar-refractivity contribution in [3.05, 3.63) is 315 Å². The molecule has 22 rings (SSSR count). The maximum absolute atomic E-state index is 5.39. The number of nitrogens with zero attached hydrogens (tertiary/aromatic N) is 8. The molecule has 456 valence electrons. The lowest BCUT2D eigenvalue weighted by atomic mass is 10.1. The maximum atomic E-state index is 5.39. The number of fused-ring (bicyclic) bond motifs is 20. The molecule has 8 nitrogen and oxygen atoms in total. The Morgan fingerprint density at radius 3 is 0.959 bits per heavy atom. The maximum Gasteiger partial charge on any atom is 0.235 e. The molecule has 0 amide bonds. The van der Waals surface area contributed by atoms with Gasteiger partial charge in [0, 0.05) is 117 Å². The molecule has 0 aliphatic heterocycles. The first kappa shape index (κ1) is 54.8. The van der Waals surface area contributed by atoms with E-state index in [4.69, 9.17) is 19.9 Å². The second-order valence-corrected chi connectivity index (χ2v) is 27.4. The van der Waals surface area contributed by atoms with Gasteiger partial charge in [-0.25, -0.2) is 19.9 Å². The Morgan fingerprint density at radius 2 is 0.500 bits per heavy atom. The number of hydrogen-bond donors (Lipinski definition) is 0. The van der Waals surface area contributed by atoms with Gasteiger partial charge in [0.1, 0.15) is 0 Å². The molecule has 0 saturated carbocycles. The topological polar surface area (TPSA) is 71.3 Å². The molecule has 0 aliphatic carbocycles. The van der Waals surface area contributed by atoms with E-state index in [2.05, 4.69) is 322 Å². The number of benzene rings is 14. The van der Waals surface area contributed by atoms with Crippen molar-refractivity contribution in [3.8, 4) is 45.8 Å². The van der Waals surface area contributed by atoms with Crippen LogP contribution in [0.4, 0.5) is 0 Å². The van der Waals surface area contributed by atoms with E-state index in [1.165, 1.54) is 94.5 Å². The average Bonchev–Trinajstić information content (AvgIpc) is 1.55. The van der Waals surface area contributed by atoms with Gasteiger partial charge < -0.3 is 9.13 Å². The van der Waals surface area contributed by atoms with Crippen molar-refractivity contribution in [1.82, 2.24) is 38.2 Å². The largest absolute Gasteiger partial charge is 0.309 e. The summed E-state index contributed by atoms with van der Waals surface area (Å²) in [5, 5.41) is 17.0. The minimum atomic E-state index is 0.664. The molecule has 0 atom stereocenters. The standard InChI is InChI=1S/2C44H26N4S/c1-3-13-27(14-4-1)43-31-19-7-10-20-36(31)45-44(46-43)48-37-21-11-8-17-29(37)32-23-33-34-24-35-30-18-9-12-22-41(30)49-42(35)26-40(34)47(38(33)25-39(32)48)28-15-5-2-6-16-28;1-3-13-27(14-4-1)43-31-19-7-10-20-36(31)45-44(46-43)48-39-25-38-32(29-17-8-11-21-37(29)47(38)28-15-5-2-6-16-28)23-33(39)34-24-35-30-18-9-12-22-41(30)49-42(35)26-40(34)48/h2*1-26H.